The van der Waals surface area contributed by atoms with Crippen molar-refractivity contribution in [1.29, 1.82) is 0 Å². The summed E-state index contributed by atoms with van der Waals surface area (Å²) in [4.78, 5) is 15.7. The Morgan fingerprint density at radius 1 is 0.368 bits per heavy atom. The van der Waals surface area contributed by atoms with Crippen LogP contribution < -0.4 is 0 Å². The molecule has 0 radical (unpaired) electrons. The van der Waals surface area contributed by atoms with E-state index in [1.54, 1.807) is 0 Å². The second-order valence-corrected chi connectivity index (χ2v) is 15.5. The zero-order valence-corrected chi connectivity index (χ0v) is 31.4. The van der Waals surface area contributed by atoms with Crippen LogP contribution in [0.4, 0.5) is 0 Å². The van der Waals surface area contributed by atoms with Gasteiger partial charge in [0.15, 0.2) is 17.5 Å². The Hall–Kier alpha value is -7.41. The van der Waals surface area contributed by atoms with Gasteiger partial charge in [0.25, 0.3) is 0 Å². The van der Waals surface area contributed by atoms with Crippen LogP contribution in [0, 0.1) is 0 Å². The van der Waals surface area contributed by atoms with Crippen LogP contribution >= 0.6 is 11.3 Å². The van der Waals surface area contributed by atoms with Crippen molar-refractivity contribution in [2.24, 2.45) is 0 Å². The highest BCUT2D eigenvalue weighted by atomic mass is 32.1. The first kappa shape index (κ1) is 31.9. The fourth-order valence-electron chi connectivity index (χ4n) is 8.65. The predicted octanol–water partition coefficient (Wildman–Crippen LogP) is 13.4. The maximum absolute atomic E-state index is 5.31. The van der Waals surface area contributed by atoms with E-state index in [2.05, 4.69) is 161 Å². The summed E-state index contributed by atoms with van der Waals surface area (Å²) >= 11 is 1.86. The average molecular weight is 746 g/mol. The third-order valence-electron chi connectivity index (χ3n) is 11.2. The standard InChI is InChI=1S/C51H31N5S/c1-3-15-32(16-4-1)49-52-50(33-17-5-2-6-18-33)54-51(53-49)41-31-34(27-30-45(41)56-43-24-12-7-19-35(43)36-20-8-13-25-44(36)56)55-42-23-11-9-21-37(42)39-28-29-40-38-22-10-14-26-46(38)57-48(40)47(39)55/h1-31H. The topological polar surface area (TPSA) is 48.5 Å². The van der Waals surface area contributed by atoms with Gasteiger partial charge < -0.3 is 9.13 Å². The zero-order valence-electron chi connectivity index (χ0n) is 30.5. The van der Waals surface area contributed by atoms with Crippen molar-refractivity contribution in [1.82, 2.24) is 24.1 Å². The van der Waals surface area contributed by atoms with Gasteiger partial charge in [-0.3, -0.25) is 0 Å². The Kier molecular flexibility index (Phi) is 7.03. The Morgan fingerprint density at radius 3 is 1.49 bits per heavy atom. The molecule has 0 unspecified atom stereocenters. The molecule has 0 amide bonds. The zero-order chi connectivity index (χ0) is 37.5. The second kappa shape index (κ2) is 12.6. The van der Waals surface area contributed by atoms with Gasteiger partial charge in [-0.05, 0) is 42.5 Å². The van der Waals surface area contributed by atoms with E-state index in [9.17, 15) is 0 Å². The number of benzene rings is 8. The molecule has 0 fully saturated rings. The molecule has 0 saturated heterocycles. The molecule has 4 aromatic heterocycles. The summed E-state index contributed by atoms with van der Waals surface area (Å²) in [5, 5.41) is 7.40. The SMILES string of the molecule is c1ccc(-c2nc(-c3ccccc3)nc(-c3cc(-n4c5ccccc5c5ccc6c7ccccc7sc6c54)ccc3-n3c4ccccc4c4ccccc43)n2)cc1. The lowest BCUT2D eigenvalue weighted by atomic mass is 10.1. The number of hydrogen-bond acceptors (Lipinski definition) is 4. The van der Waals surface area contributed by atoms with Crippen LogP contribution in [0.25, 0.3) is 109 Å². The molecule has 57 heavy (non-hydrogen) atoms. The van der Waals surface area contributed by atoms with E-state index in [-0.39, 0.29) is 0 Å². The molecule has 8 aromatic carbocycles. The van der Waals surface area contributed by atoms with Crippen LogP contribution in [0.2, 0.25) is 0 Å². The number of para-hydroxylation sites is 3. The first-order valence-electron chi connectivity index (χ1n) is 19.1. The molecule has 0 aliphatic rings. The molecule has 0 aliphatic heterocycles. The molecule has 0 N–H and O–H groups in total. The van der Waals surface area contributed by atoms with E-state index in [1.807, 2.05) is 47.7 Å². The van der Waals surface area contributed by atoms with Crippen molar-refractivity contribution in [3.63, 3.8) is 0 Å². The lowest BCUT2D eigenvalue weighted by Crippen LogP contribution is -2.05. The lowest BCUT2D eigenvalue weighted by Gasteiger charge is -2.17. The maximum Gasteiger partial charge on any atom is 0.166 e. The second-order valence-electron chi connectivity index (χ2n) is 14.4. The summed E-state index contributed by atoms with van der Waals surface area (Å²) in [5.41, 5.74) is 9.40. The predicted molar refractivity (Wildman–Crippen MR) is 238 cm³/mol. The van der Waals surface area contributed by atoms with Crippen molar-refractivity contribution >= 4 is 75.1 Å². The Morgan fingerprint density at radius 2 is 0.860 bits per heavy atom. The number of hydrogen-bond donors (Lipinski definition) is 0. The lowest BCUT2D eigenvalue weighted by molar-refractivity contribution is 1.06. The minimum Gasteiger partial charge on any atom is -0.308 e. The summed E-state index contributed by atoms with van der Waals surface area (Å²) in [5.74, 6) is 1.86. The minimum absolute atomic E-state index is 0.606. The molecule has 0 spiro atoms. The van der Waals surface area contributed by atoms with Crippen molar-refractivity contribution in [2.75, 3.05) is 0 Å². The van der Waals surface area contributed by atoms with Gasteiger partial charge in [0.2, 0.25) is 0 Å². The summed E-state index contributed by atoms with van der Waals surface area (Å²) in [6.07, 6.45) is 0. The van der Waals surface area contributed by atoms with Gasteiger partial charge in [0.05, 0.1) is 32.5 Å². The molecule has 0 atom stereocenters. The van der Waals surface area contributed by atoms with Crippen LogP contribution in [0.15, 0.2) is 188 Å². The van der Waals surface area contributed by atoms with Crippen LogP contribution in [-0.2, 0) is 0 Å². The highest BCUT2D eigenvalue weighted by molar-refractivity contribution is 7.26. The maximum atomic E-state index is 5.31. The summed E-state index contributed by atoms with van der Waals surface area (Å²) in [7, 11) is 0. The third kappa shape index (κ3) is 4.91. The summed E-state index contributed by atoms with van der Waals surface area (Å²) in [6.45, 7) is 0. The molecule has 6 heteroatoms. The Balaban J connectivity index is 1.21. The fourth-order valence-corrected chi connectivity index (χ4v) is 9.89. The monoisotopic (exact) mass is 745 g/mol. The van der Waals surface area contributed by atoms with Gasteiger partial charge in [0.1, 0.15) is 0 Å². The van der Waals surface area contributed by atoms with E-state index >= 15 is 0 Å². The average Bonchev–Trinajstić information content (AvgIpc) is 3.95. The van der Waals surface area contributed by atoms with E-state index in [1.165, 1.54) is 47.2 Å². The van der Waals surface area contributed by atoms with Crippen molar-refractivity contribution < 1.29 is 0 Å². The highest BCUT2D eigenvalue weighted by Crippen LogP contribution is 2.44. The van der Waals surface area contributed by atoms with Gasteiger partial charge in [0, 0.05) is 59.4 Å². The molecule has 266 valence electrons. The van der Waals surface area contributed by atoms with Crippen molar-refractivity contribution in [3.05, 3.63) is 188 Å². The molecule has 0 saturated carbocycles. The fraction of sp³-hybridized carbons (Fsp3) is 0. The number of nitrogens with zero attached hydrogens (tertiary/aromatic N) is 5. The summed E-state index contributed by atoms with van der Waals surface area (Å²) < 4.78 is 7.37. The van der Waals surface area contributed by atoms with Crippen LogP contribution in [-0.4, -0.2) is 24.1 Å². The molecule has 12 aromatic rings. The van der Waals surface area contributed by atoms with Gasteiger partial charge in [-0.1, -0.05) is 146 Å². The Bertz CT molecular complexity index is 3410. The number of rotatable bonds is 5. The number of thiophene rings is 1. The molecule has 0 aliphatic carbocycles. The van der Waals surface area contributed by atoms with Crippen LogP contribution in [0.5, 0.6) is 0 Å². The third-order valence-corrected chi connectivity index (χ3v) is 12.4. The molecule has 0 bridgehead atoms. The van der Waals surface area contributed by atoms with Crippen LogP contribution in [0.3, 0.4) is 0 Å². The minimum atomic E-state index is 0.606. The van der Waals surface area contributed by atoms with Gasteiger partial charge >= 0.3 is 0 Å². The molecular weight excluding hydrogens is 715 g/mol. The van der Waals surface area contributed by atoms with Crippen LogP contribution in [0.1, 0.15) is 0 Å². The molecular formula is C51H31N5S. The van der Waals surface area contributed by atoms with Gasteiger partial charge in [-0.2, -0.15) is 0 Å². The normalized spacial score (nSPS) is 11.9. The smallest absolute Gasteiger partial charge is 0.166 e. The Labute approximate surface area is 331 Å². The van der Waals surface area contributed by atoms with Crippen molar-refractivity contribution in [3.8, 4) is 45.5 Å². The van der Waals surface area contributed by atoms with Gasteiger partial charge in [-0.25, -0.2) is 15.0 Å². The molecule has 4 heterocycles. The molecule has 12 rings (SSSR count). The van der Waals surface area contributed by atoms with E-state index in [0.29, 0.717) is 17.5 Å². The van der Waals surface area contributed by atoms with E-state index < -0.39 is 0 Å². The largest absolute Gasteiger partial charge is 0.308 e. The highest BCUT2D eigenvalue weighted by Gasteiger charge is 2.23. The number of fused-ring (bicyclic) bond motifs is 10. The number of aromatic nitrogens is 5. The summed E-state index contributed by atoms with van der Waals surface area (Å²) in [6, 6.07) is 66.6. The van der Waals surface area contributed by atoms with Gasteiger partial charge in [-0.15, -0.1) is 11.3 Å². The van der Waals surface area contributed by atoms with E-state index in [0.717, 1.165) is 44.6 Å². The first-order chi connectivity index (χ1) is 28.3. The first-order valence-corrected chi connectivity index (χ1v) is 19.9. The van der Waals surface area contributed by atoms with Crippen molar-refractivity contribution in [2.45, 2.75) is 0 Å². The molecule has 5 nitrogen and oxygen atoms in total. The van der Waals surface area contributed by atoms with E-state index in [4.69, 9.17) is 15.0 Å². The quantitative estimate of drug-likeness (QED) is 0.176.